The van der Waals surface area contributed by atoms with Gasteiger partial charge in [0.05, 0.1) is 18.7 Å². The van der Waals surface area contributed by atoms with Crippen LogP contribution in [0.5, 0.6) is 11.6 Å². The molecule has 2 aromatic heterocycles. The minimum absolute atomic E-state index is 0.151. The normalized spacial score (nSPS) is 18.0. The Hall–Kier alpha value is -2.66. The van der Waals surface area contributed by atoms with E-state index in [1.54, 1.807) is 7.11 Å². The second-order valence-corrected chi connectivity index (χ2v) is 6.71. The van der Waals surface area contributed by atoms with Crippen molar-refractivity contribution in [3.63, 3.8) is 0 Å². The van der Waals surface area contributed by atoms with Crippen LogP contribution < -0.4 is 14.8 Å². The molecule has 0 aliphatic carbocycles. The van der Waals surface area contributed by atoms with E-state index in [1.807, 2.05) is 30.6 Å². The summed E-state index contributed by atoms with van der Waals surface area (Å²) < 4.78 is 11.5. The summed E-state index contributed by atoms with van der Waals surface area (Å²) in [6.07, 6.45) is 4.93. The van der Waals surface area contributed by atoms with Crippen LogP contribution in [0.2, 0.25) is 0 Å². The van der Waals surface area contributed by atoms with E-state index in [0.717, 1.165) is 47.3 Å². The van der Waals surface area contributed by atoms with Crippen LogP contribution in [-0.4, -0.2) is 36.3 Å². The Morgan fingerprint density at radius 2 is 2.08 bits per heavy atom. The number of nitrogens with one attached hydrogen (secondary N) is 1. The van der Waals surface area contributed by atoms with E-state index in [0.29, 0.717) is 11.8 Å². The van der Waals surface area contributed by atoms with E-state index >= 15 is 0 Å². The average molecular weight is 349 g/mol. The fourth-order valence-corrected chi connectivity index (χ4v) is 3.46. The van der Waals surface area contributed by atoms with Crippen LogP contribution in [-0.2, 0) is 0 Å². The Labute approximate surface area is 153 Å². The molecular formula is C21H23N3O2. The largest absolute Gasteiger partial charge is 0.490 e. The maximum Gasteiger partial charge on any atom is 0.212 e. The molecule has 0 amide bonds. The fraction of sp³-hybridized carbons (Fsp3) is 0.333. The fourth-order valence-electron chi connectivity index (χ4n) is 3.46. The molecule has 4 rings (SSSR count). The Kier molecular flexibility index (Phi) is 4.71. The molecule has 1 fully saturated rings. The first-order valence-electron chi connectivity index (χ1n) is 9.01. The first-order chi connectivity index (χ1) is 12.7. The third-order valence-electron chi connectivity index (χ3n) is 5.04. The lowest BCUT2D eigenvalue weighted by atomic mass is 10.0. The van der Waals surface area contributed by atoms with Gasteiger partial charge in [0.2, 0.25) is 5.88 Å². The van der Waals surface area contributed by atoms with Gasteiger partial charge in [-0.05, 0) is 55.8 Å². The maximum atomic E-state index is 6.39. The van der Waals surface area contributed by atoms with Gasteiger partial charge in [-0.3, -0.25) is 4.98 Å². The highest BCUT2D eigenvalue weighted by Crippen LogP contribution is 2.33. The van der Waals surface area contributed by atoms with Crippen molar-refractivity contribution in [2.24, 2.45) is 5.92 Å². The number of aromatic nitrogens is 2. The molecule has 134 valence electrons. The topological polar surface area (TPSA) is 56.3 Å². The van der Waals surface area contributed by atoms with Crippen molar-refractivity contribution in [3.05, 3.63) is 48.8 Å². The molecule has 1 aromatic carbocycles. The van der Waals surface area contributed by atoms with Gasteiger partial charge in [-0.25, -0.2) is 4.98 Å². The van der Waals surface area contributed by atoms with Crippen LogP contribution in [0.1, 0.15) is 13.3 Å². The SMILES string of the molecule is COc1ccc(-c2cc(O[C@H](C)[C@@H]3CCNC3)c3cccnc3c2)cn1. The number of ether oxygens (including phenoxy) is 2. The van der Waals surface area contributed by atoms with Gasteiger partial charge in [-0.2, -0.15) is 0 Å². The minimum Gasteiger partial charge on any atom is -0.490 e. The molecular weight excluding hydrogens is 326 g/mol. The summed E-state index contributed by atoms with van der Waals surface area (Å²) in [7, 11) is 1.62. The Bertz CT molecular complexity index is 889. The van der Waals surface area contributed by atoms with Crippen molar-refractivity contribution in [1.29, 1.82) is 0 Å². The van der Waals surface area contributed by atoms with Gasteiger partial charge >= 0.3 is 0 Å². The van der Waals surface area contributed by atoms with Crippen LogP contribution in [0.4, 0.5) is 0 Å². The Morgan fingerprint density at radius 1 is 1.15 bits per heavy atom. The summed E-state index contributed by atoms with van der Waals surface area (Å²) in [5, 5.41) is 4.45. The third kappa shape index (κ3) is 3.35. The van der Waals surface area contributed by atoms with Gasteiger partial charge in [-0.15, -0.1) is 0 Å². The first kappa shape index (κ1) is 16.8. The van der Waals surface area contributed by atoms with E-state index < -0.39 is 0 Å². The molecule has 0 unspecified atom stereocenters. The maximum absolute atomic E-state index is 6.39. The predicted molar refractivity (Wildman–Crippen MR) is 103 cm³/mol. The smallest absolute Gasteiger partial charge is 0.212 e. The van der Waals surface area contributed by atoms with E-state index in [1.165, 1.54) is 0 Å². The number of methoxy groups -OCH3 is 1. The molecule has 0 radical (unpaired) electrons. The van der Waals surface area contributed by atoms with Crippen molar-refractivity contribution in [2.75, 3.05) is 20.2 Å². The quantitative estimate of drug-likeness (QED) is 0.761. The summed E-state index contributed by atoms with van der Waals surface area (Å²) in [4.78, 5) is 8.84. The van der Waals surface area contributed by atoms with E-state index in [9.17, 15) is 0 Å². The van der Waals surface area contributed by atoms with Gasteiger partial charge in [0, 0.05) is 41.9 Å². The standard InChI is InChI=1S/C21H23N3O2/c1-14(15-7-9-22-12-15)26-20-11-17(10-19-18(20)4-3-8-23-19)16-5-6-21(25-2)24-13-16/h3-6,8,10-11,13-15,22H,7,9,12H2,1-2H3/t14-,15-/m1/s1. The molecule has 0 saturated carbocycles. The van der Waals surface area contributed by atoms with Crippen molar-refractivity contribution in [3.8, 4) is 22.8 Å². The lowest BCUT2D eigenvalue weighted by molar-refractivity contribution is 0.163. The average Bonchev–Trinajstić information content (AvgIpc) is 3.23. The second-order valence-electron chi connectivity index (χ2n) is 6.71. The molecule has 3 heterocycles. The highest BCUT2D eigenvalue weighted by molar-refractivity contribution is 5.90. The molecule has 1 aliphatic rings. The molecule has 26 heavy (non-hydrogen) atoms. The van der Waals surface area contributed by atoms with Crippen LogP contribution in [0.15, 0.2) is 48.8 Å². The van der Waals surface area contributed by atoms with Crippen LogP contribution in [0.3, 0.4) is 0 Å². The molecule has 0 spiro atoms. The number of fused-ring (bicyclic) bond motifs is 1. The van der Waals surface area contributed by atoms with E-state index in [2.05, 4.69) is 40.4 Å². The van der Waals surface area contributed by atoms with Crippen LogP contribution >= 0.6 is 0 Å². The highest BCUT2D eigenvalue weighted by atomic mass is 16.5. The number of rotatable bonds is 5. The lowest BCUT2D eigenvalue weighted by Gasteiger charge is -2.21. The van der Waals surface area contributed by atoms with Crippen molar-refractivity contribution < 1.29 is 9.47 Å². The lowest BCUT2D eigenvalue weighted by Crippen LogP contribution is -2.25. The second kappa shape index (κ2) is 7.30. The van der Waals surface area contributed by atoms with Gasteiger partial charge in [0.15, 0.2) is 0 Å². The summed E-state index contributed by atoms with van der Waals surface area (Å²) in [6, 6.07) is 12.0. The molecule has 0 bridgehead atoms. The van der Waals surface area contributed by atoms with Gasteiger partial charge in [0.25, 0.3) is 0 Å². The first-order valence-corrected chi connectivity index (χ1v) is 9.01. The summed E-state index contributed by atoms with van der Waals surface area (Å²) in [5.41, 5.74) is 2.98. The monoisotopic (exact) mass is 349 g/mol. The zero-order valence-corrected chi connectivity index (χ0v) is 15.1. The van der Waals surface area contributed by atoms with E-state index in [4.69, 9.17) is 9.47 Å². The number of pyridine rings is 2. The van der Waals surface area contributed by atoms with Crippen LogP contribution in [0.25, 0.3) is 22.0 Å². The molecule has 5 heteroatoms. The minimum atomic E-state index is 0.151. The van der Waals surface area contributed by atoms with Gasteiger partial charge < -0.3 is 14.8 Å². The predicted octanol–water partition coefficient (Wildman–Crippen LogP) is 3.68. The highest BCUT2D eigenvalue weighted by Gasteiger charge is 2.23. The van der Waals surface area contributed by atoms with Crippen LogP contribution in [0, 0.1) is 5.92 Å². The van der Waals surface area contributed by atoms with Crippen molar-refractivity contribution >= 4 is 10.9 Å². The summed E-state index contributed by atoms with van der Waals surface area (Å²) in [5.74, 6) is 2.01. The summed E-state index contributed by atoms with van der Waals surface area (Å²) in [6.45, 7) is 4.24. The Morgan fingerprint density at radius 3 is 2.81 bits per heavy atom. The number of hydrogen-bond donors (Lipinski definition) is 1. The van der Waals surface area contributed by atoms with Gasteiger partial charge in [0.1, 0.15) is 5.75 Å². The van der Waals surface area contributed by atoms with Crippen molar-refractivity contribution in [1.82, 2.24) is 15.3 Å². The van der Waals surface area contributed by atoms with Gasteiger partial charge in [-0.1, -0.05) is 0 Å². The molecule has 2 atom stereocenters. The number of benzene rings is 1. The zero-order chi connectivity index (χ0) is 17.9. The molecule has 1 N–H and O–H groups in total. The Balaban J connectivity index is 1.72. The number of hydrogen-bond acceptors (Lipinski definition) is 5. The third-order valence-corrected chi connectivity index (χ3v) is 5.04. The van der Waals surface area contributed by atoms with E-state index in [-0.39, 0.29) is 6.10 Å². The summed E-state index contributed by atoms with van der Waals surface area (Å²) >= 11 is 0. The molecule has 5 nitrogen and oxygen atoms in total. The zero-order valence-electron chi connectivity index (χ0n) is 15.1. The van der Waals surface area contributed by atoms with Crippen molar-refractivity contribution in [2.45, 2.75) is 19.4 Å². The molecule has 1 saturated heterocycles. The number of nitrogens with zero attached hydrogens (tertiary/aromatic N) is 2. The molecule has 1 aliphatic heterocycles. The molecule has 3 aromatic rings.